The first kappa shape index (κ1) is 17.5. The molecule has 0 aromatic carbocycles. The first-order valence-corrected chi connectivity index (χ1v) is 10.5. The Hall–Kier alpha value is -0.890. The molecule has 8 heteroatoms. The third kappa shape index (κ3) is 3.52. The molecule has 0 saturated carbocycles. The van der Waals surface area contributed by atoms with Crippen LogP contribution in [0.15, 0.2) is 23.6 Å². The maximum absolute atomic E-state index is 6.63. The van der Waals surface area contributed by atoms with E-state index in [0.29, 0.717) is 22.3 Å². The highest BCUT2D eigenvalue weighted by Gasteiger charge is 2.30. The molecule has 0 spiro atoms. The molecule has 4 heterocycles. The van der Waals surface area contributed by atoms with Gasteiger partial charge in [0.15, 0.2) is 0 Å². The van der Waals surface area contributed by atoms with Gasteiger partial charge in [-0.3, -0.25) is 0 Å². The number of ether oxygens (including phenoxy) is 1. The van der Waals surface area contributed by atoms with Crippen LogP contribution in [0.4, 0.5) is 5.69 Å². The summed E-state index contributed by atoms with van der Waals surface area (Å²) in [5, 5.41) is 6.53. The molecule has 25 heavy (non-hydrogen) atoms. The lowest BCUT2D eigenvalue weighted by Crippen LogP contribution is -2.34. The van der Waals surface area contributed by atoms with Gasteiger partial charge in [-0.1, -0.05) is 29.3 Å². The number of nitrogens with one attached hydrogen (secondary N) is 1. The van der Waals surface area contributed by atoms with Crippen molar-refractivity contribution >= 4 is 61.8 Å². The summed E-state index contributed by atoms with van der Waals surface area (Å²) in [6, 6.07) is 5.94. The topological polar surface area (TPSA) is 60.2 Å². The van der Waals surface area contributed by atoms with Crippen molar-refractivity contribution in [2.75, 3.05) is 11.9 Å². The lowest BCUT2D eigenvalue weighted by molar-refractivity contribution is 0.00244. The monoisotopic (exact) mass is 413 g/mol. The molecule has 4 nitrogen and oxygen atoms in total. The summed E-state index contributed by atoms with van der Waals surface area (Å²) in [7, 11) is 0. The summed E-state index contributed by atoms with van der Waals surface area (Å²) >= 11 is 16.2. The molecule has 1 aliphatic heterocycles. The molecule has 0 radical (unpaired) electrons. The number of fused-ring (bicyclic) bond motifs is 1. The molecule has 3 N–H and O–H groups in total. The number of halogens is 2. The van der Waals surface area contributed by atoms with Crippen molar-refractivity contribution in [2.45, 2.75) is 31.5 Å². The average Bonchev–Trinajstić information content (AvgIpc) is 3.22. The molecule has 2 atom stereocenters. The zero-order valence-corrected chi connectivity index (χ0v) is 16.4. The fourth-order valence-electron chi connectivity index (χ4n) is 3.01. The van der Waals surface area contributed by atoms with Crippen molar-refractivity contribution in [1.82, 2.24) is 4.98 Å². The van der Waals surface area contributed by atoms with E-state index in [2.05, 4.69) is 21.7 Å². The van der Waals surface area contributed by atoms with E-state index < -0.39 is 0 Å². The number of hydrogen-bond donors (Lipinski definition) is 2. The lowest BCUT2D eigenvalue weighted by Gasteiger charge is -2.28. The Morgan fingerprint density at radius 3 is 3.04 bits per heavy atom. The number of anilines is 1. The SMILES string of the molecule is NC1CCCOC1c1sc2c(NCc3cccs3)cc(Cl)nc2c1Cl. The van der Waals surface area contributed by atoms with Crippen LogP contribution in [0, 0.1) is 0 Å². The van der Waals surface area contributed by atoms with Crippen molar-refractivity contribution in [1.29, 1.82) is 0 Å². The molecular weight excluding hydrogens is 397 g/mol. The molecule has 1 fully saturated rings. The quantitative estimate of drug-likeness (QED) is 0.557. The smallest absolute Gasteiger partial charge is 0.131 e. The Balaban J connectivity index is 1.72. The van der Waals surface area contributed by atoms with Gasteiger partial charge in [0.25, 0.3) is 0 Å². The van der Waals surface area contributed by atoms with Crippen molar-refractivity contribution in [3.63, 3.8) is 0 Å². The Morgan fingerprint density at radius 1 is 1.40 bits per heavy atom. The molecule has 3 aromatic rings. The van der Waals surface area contributed by atoms with E-state index >= 15 is 0 Å². The predicted molar refractivity (Wildman–Crippen MR) is 107 cm³/mol. The number of nitrogens with zero attached hydrogens (tertiary/aromatic N) is 1. The number of thiophene rings is 2. The first-order chi connectivity index (χ1) is 12.1. The third-order valence-corrected chi connectivity index (χ3v) is 7.08. The van der Waals surface area contributed by atoms with Gasteiger partial charge in [0.05, 0.1) is 20.3 Å². The van der Waals surface area contributed by atoms with Crippen LogP contribution in [0.3, 0.4) is 0 Å². The Labute approximate surface area is 163 Å². The highest BCUT2D eigenvalue weighted by Crippen LogP contribution is 2.45. The van der Waals surface area contributed by atoms with E-state index in [0.717, 1.165) is 34.7 Å². The molecule has 2 unspecified atom stereocenters. The molecule has 1 aliphatic rings. The van der Waals surface area contributed by atoms with Gasteiger partial charge in [-0.15, -0.1) is 22.7 Å². The van der Waals surface area contributed by atoms with Crippen LogP contribution in [0.25, 0.3) is 10.2 Å². The van der Waals surface area contributed by atoms with Gasteiger partial charge in [0.2, 0.25) is 0 Å². The van der Waals surface area contributed by atoms with Gasteiger partial charge in [-0.05, 0) is 24.3 Å². The minimum atomic E-state index is -0.177. The lowest BCUT2D eigenvalue weighted by atomic mass is 10.0. The van der Waals surface area contributed by atoms with Crippen molar-refractivity contribution in [3.05, 3.63) is 43.5 Å². The van der Waals surface area contributed by atoms with E-state index in [9.17, 15) is 0 Å². The second kappa shape index (κ2) is 7.39. The van der Waals surface area contributed by atoms with Crippen LogP contribution in [-0.4, -0.2) is 17.6 Å². The number of aromatic nitrogens is 1. The molecular formula is C17H17Cl2N3OS2. The summed E-state index contributed by atoms with van der Waals surface area (Å²) in [4.78, 5) is 6.63. The van der Waals surface area contributed by atoms with Crippen LogP contribution in [-0.2, 0) is 11.3 Å². The van der Waals surface area contributed by atoms with E-state index in [-0.39, 0.29) is 12.1 Å². The minimum absolute atomic E-state index is 0.0442. The van der Waals surface area contributed by atoms with E-state index in [1.165, 1.54) is 4.88 Å². The first-order valence-electron chi connectivity index (χ1n) is 8.05. The van der Waals surface area contributed by atoms with Crippen molar-refractivity contribution in [2.24, 2.45) is 5.73 Å². The summed E-state index contributed by atoms with van der Waals surface area (Å²) in [6.07, 6.45) is 1.74. The average molecular weight is 414 g/mol. The third-order valence-electron chi connectivity index (χ3n) is 4.24. The van der Waals surface area contributed by atoms with Gasteiger partial charge in [-0.2, -0.15) is 0 Å². The van der Waals surface area contributed by atoms with Crippen molar-refractivity contribution < 1.29 is 4.74 Å². The molecule has 0 aliphatic carbocycles. The fraction of sp³-hybridized carbons (Fsp3) is 0.353. The molecule has 1 saturated heterocycles. The Morgan fingerprint density at radius 2 is 2.28 bits per heavy atom. The predicted octanol–water partition coefficient (Wildman–Crippen LogP) is 5.46. The molecule has 3 aromatic heterocycles. The van der Waals surface area contributed by atoms with Gasteiger partial charge in [0.1, 0.15) is 16.8 Å². The minimum Gasteiger partial charge on any atom is -0.379 e. The molecule has 4 rings (SSSR count). The zero-order chi connectivity index (χ0) is 17.4. The van der Waals surface area contributed by atoms with Crippen LogP contribution in [0.5, 0.6) is 0 Å². The molecule has 0 amide bonds. The Kier molecular flexibility index (Phi) is 5.18. The Bertz CT molecular complexity index is 882. The highest BCUT2D eigenvalue weighted by atomic mass is 35.5. The van der Waals surface area contributed by atoms with Crippen LogP contribution in [0.2, 0.25) is 10.2 Å². The number of pyridine rings is 1. The second-order valence-corrected chi connectivity index (χ2v) is 8.83. The van der Waals surface area contributed by atoms with Gasteiger partial charge in [0, 0.05) is 30.1 Å². The summed E-state index contributed by atoms with van der Waals surface area (Å²) in [5.74, 6) is 0. The maximum Gasteiger partial charge on any atom is 0.131 e. The van der Waals surface area contributed by atoms with Crippen LogP contribution < -0.4 is 11.1 Å². The number of rotatable bonds is 4. The summed E-state index contributed by atoms with van der Waals surface area (Å²) in [5.41, 5.74) is 7.90. The number of nitrogens with two attached hydrogens (primary N) is 1. The second-order valence-electron chi connectivity index (χ2n) is 5.98. The number of hydrogen-bond acceptors (Lipinski definition) is 6. The largest absolute Gasteiger partial charge is 0.379 e. The molecule has 132 valence electrons. The van der Waals surface area contributed by atoms with E-state index in [1.807, 2.05) is 12.1 Å². The van der Waals surface area contributed by atoms with E-state index in [1.54, 1.807) is 22.7 Å². The maximum atomic E-state index is 6.63. The normalized spacial score (nSPS) is 20.9. The van der Waals surface area contributed by atoms with Crippen LogP contribution in [0.1, 0.15) is 28.7 Å². The fourth-order valence-corrected chi connectivity index (χ4v) is 5.51. The molecule has 0 bridgehead atoms. The van der Waals surface area contributed by atoms with Gasteiger partial charge >= 0.3 is 0 Å². The van der Waals surface area contributed by atoms with Gasteiger partial charge in [-0.25, -0.2) is 4.98 Å². The van der Waals surface area contributed by atoms with E-state index in [4.69, 9.17) is 33.7 Å². The van der Waals surface area contributed by atoms with Gasteiger partial charge < -0.3 is 15.8 Å². The summed E-state index contributed by atoms with van der Waals surface area (Å²) in [6.45, 7) is 1.44. The van der Waals surface area contributed by atoms with Crippen molar-refractivity contribution in [3.8, 4) is 0 Å². The highest BCUT2D eigenvalue weighted by molar-refractivity contribution is 7.20. The summed E-state index contributed by atoms with van der Waals surface area (Å²) < 4.78 is 6.89. The van der Waals surface area contributed by atoms with Crippen LogP contribution >= 0.6 is 45.9 Å². The standard InChI is InChI=1S/C17H17Cl2N3OS2/c18-12-7-11(21-8-9-3-2-6-24-9)16-14(22-12)13(19)17(25-16)15-10(20)4-1-5-23-15/h2-3,6-7,10,15H,1,4-5,8,20H2,(H,21,22). The zero-order valence-electron chi connectivity index (χ0n) is 13.3.